The van der Waals surface area contributed by atoms with Gasteiger partial charge in [-0.2, -0.15) is 0 Å². The molecule has 1 N–H and O–H groups in total. The highest BCUT2D eigenvalue weighted by Crippen LogP contribution is 2.36. The summed E-state index contributed by atoms with van der Waals surface area (Å²) in [7, 11) is 0. The summed E-state index contributed by atoms with van der Waals surface area (Å²) in [4.78, 5) is 0. The van der Waals surface area contributed by atoms with Crippen LogP contribution in [0.2, 0.25) is 0 Å². The van der Waals surface area contributed by atoms with Gasteiger partial charge in [-0.1, -0.05) is 42.1 Å². The summed E-state index contributed by atoms with van der Waals surface area (Å²) in [5, 5.41) is 3.67. The Labute approximate surface area is 130 Å². The minimum Gasteiger partial charge on any atom is -0.493 e. The number of likely N-dealkylation sites (N-methyl/N-ethyl adjacent to an activating group) is 1. The van der Waals surface area contributed by atoms with Gasteiger partial charge in [-0.15, -0.1) is 0 Å². The van der Waals surface area contributed by atoms with Gasteiger partial charge in [-0.3, -0.25) is 0 Å². The van der Waals surface area contributed by atoms with Crippen molar-refractivity contribution < 1.29 is 4.74 Å². The van der Waals surface area contributed by atoms with Crippen molar-refractivity contribution in [1.82, 2.24) is 5.32 Å². The van der Waals surface area contributed by atoms with Gasteiger partial charge in [0.2, 0.25) is 0 Å². The molecule has 20 heavy (non-hydrogen) atoms. The third-order valence-electron chi connectivity index (χ3n) is 4.63. The topological polar surface area (TPSA) is 21.3 Å². The second kappa shape index (κ2) is 6.48. The van der Waals surface area contributed by atoms with E-state index >= 15 is 0 Å². The van der Waals surface area contributed by atoms with Gasteiger partial charge >= 0.3 is 0 Å². The first-order valence-corrected chi connectivity index (χ1v) is 8.73. The van der Waals surface area contributed by atoms with Crippen LogP contribution in [0.4, 0.5) is 0 Å². The first kappa shape index (κ1) is 14.4. The molecule has 0 amide bonds. The van der Waals surface area contributed by atoms with Crippen molar-refractivity contribution in [2.24, 2.45) is 5.92 Å². The fraction of sp³-hybridized carbons (Fsp3) is 0.647. The highest BCUT2D eigenvalue weighted by atomic mass is 79.9. The van der Waals surface area contributed by atoms with Crippen LogP contribution >= 0.6 is 15.9 Å². The number of fused-ring (bicyclic) bond motifs is 1. The van der Waals surface area contributed by atoms with Crippen LogP contribution in [0, 0.1) is 5.92 Å². The molecular formula is C17H24BrNO. The Kier molecular flexibility index (Phi) is 4.67. The van der Waals surface area contributed by atoms with Crippen molar-refractivity contribution in [3.8, 4) is 5.75 Å². The number of nitrogens with one attached hydrogen (secondary N) is 1. The lowest BCUT2D eigenvalue weighted by Gasteiger charge is -2.30. The standard InChI is InChI=1S/C17H24BrNO/c1-2-19-16(8-12-4-3-5-12)11-14-10-15(18)9-13-6-7-20-17(13)14/h9-10,12,16,19H,2-8,11H2,1H3. The highest BCUT2D eigenvalue weighted by Gasteiger charge is 2.24. The molecule has 1 aliphatic heterocycles. The van der Waals surface area contributed by atoms with E-state index < -0.39 is 0 Å². The molecule has 1 atom stereocenters. The summed E-state index contributed by atoms with van der Waals surface area (Å²) in [5.74, 6) is 2.10. The largest absolute Gasteiger partial charge is 0.493 e. The van der Waals surface area contributed by atoms with Gasteiger partial charge in [0.15, 0.2) is 0 Å². The van der Waals surface area contributed by atoms with E-state index in [0.29, 0.717) is 6.04 Å². The Morgan fingerprint density at radius 2 is 2.25 bits per heavy atom. The molecule has 1 aliphatic carbocycles. The second-order valence-electron chi connectivity index (χ2n) is 6.14. The monoisotopic (exact) mass is 337 g/mol. The predicted molar refractivity (Wildman–Crippen MR) is 86.5 cm³/mol. The summed E-state index contributed by atoms with van der Waals surface area (Å²) in [6.07, 6.45) is 7.74. The van der Waals surface area contributed by atoms with Gasteiger partial charge in [0, 0.05) is 16.9 Å². The number of rotatable bonds is 6. The molecule has 1 saturated carbocycles. The van der Waals surface area contributed by atoms with Gasteiger partial charge in [-0.25, -0.2) is 0 Å². The van der Waals surface area contributed by atoms with Crippen LogP contribution in [0.1, 0.15) is 43.7 Å². The molecule has 3 rings (SSSR count). The number of benzene rings is 1. The fourth-order valence-corrected chi connectivity index (χ4v) is 3.97. The van der Waals surface area contributed by atoms with E-state index in [1.54, 1.807) is 0 Å². The minimum absolute atomic E-state index is 0.591. The lowest BCUT2D eigenvalue weighted by atomic mass is 9.79. The average Bonchev–Trinajstić information content (AvgIpc) is 2.82. The normalized spacial score (nSPS) is 19.3. The lowest BCUT2D eigenvalue weighted by Crippen LogP contribution is -2.34. The Hall–Kier alpha value is -0.540. The van der Waals surface area contributed by atoms with E-state index in [-0.39, 0.29) is 0 Å². The zero-order chi connectivity index (χ0) is 13.9. The first-order valence-electron chi connectivity index (χ1n) is 7.93. The van der Waals surface area contributed by atoms with Gasteiger partial charge in [-0.05, 0) is 48.6 Å². The molecule has 1 unspecified atom stereocenters. The van der Waals surface area contributed by atoms with Crippen LogP contribution in [-0.4, -0.2) is 19.2 Å². The second-order valence-corrected chi connectivity index (χ2v) is 7.06. The molecule has 110 valence electrons. The smallest absolute Gasteiger partial charge is 0.125 e. The van der Waals surface area contributed by atoms with Crippen molar-refractivity contribution in [1.29, 1.82) is 0 Å². The summed E-state index contributed by atoms with van der Waals surface area (Å²) < 4.78 is 7.05. The summed E-state index contributed by atoms with van der Waals surface area (Å²) in [6, 6.07) is 5.04. The van der Waals surface area contributed by atoms with Gasteiger partial charge in [0.25, 0.3) is 0 Å². The Morgan fingerprint density at radius 1 is 1.40 bits per heavy atom. The molecule has 0 radical (unpaired) electrons. The van der Waals surface area contributed by atoms with Crippen LogP contribution in [0.15, 0.2) is 16.6 Å². The molecule has 0 saturated heterocycles. The molecule has 1 aromatic rings. The summed E-state index contributed by atoms with van der Waals surface area (Å²) in [5.41, 5.74) is 2.74. The minimum atomic E-state index is 0.591. The Bertz CT molecular complexity index is 470. The number of halogens is 1. The van der Waals surface area contributed by atoms with E-state index in [1.165, 1.54) is 41.3 Å². The molecule has 0 spiro atoms. The van der Waals surface area contributed by atoms with Gasteiger partial charge < -0.3 is 10.1 Å². The maximum Gasteiger partial charge on any atom is 0.125 e. The van der Waals surface area contributed by atoms with Crippen molar-refractivity contribution >= 4 is 15.9 Å². The molecular weight excluding hydrogens is 314 g/mol. The Morgan fingerprint density at radius 3 is 2.95 bits per heavy atom. The predicted octanol–water partition coefficient (Wildman–Crippen LogP) is 4.09. The van der Waals surface area contributed by atoms with Crippen molar-refractivity contribution in [3.63, 3.8) is 0 Å². The van der Waals surface area contributed by atoms with E-state index in [1.807, 2.05) is 0 Å². The lowest BCUT2D eigenvalue weighted by molar-refractivity contribution is 0.259. The maximum atomic E-state index is 5.86. The van der Waals surface area contributed by atoms with E-state index in [4.69, 9.17) is 4.74 Å². The molecule has 1 fully saturated rings. The molecule has 1 heterocycles. The number of hydrogen-bond donors (Lipinski definition) is 1. The third-order valence-corrected chi connectivity index (χ3v) is 5.08. The molecule has 0 bridgehead atoms. The van der Waals surface area contributed by atoms with Crippen molar-refractivity contribution in [2.45, 2.75) is 51.5 Å². The molecule has 0 aromatic heterocycles. The summed E-state index contributed by atoms with van der Waals surface area (Å²) >= 11 is 3.64. The first-order chi connectivity index (χ1) is 9.76. The highest BCUT2D eigenvalue weighted by molar-refractivity contribution is 9.10. The number of ether oxygens (including phenoxy) is 1. The average molecular weight is 338 g/mol. The van der Waals surface area contributed by atoms with E-state index in [9.17, 15) is 0 Å². The molecule has 3 heteroatoms. The SMILES string of the molecule is CCNC(Cc1cc(Br)cc2c1OCC2)CC1CCC1. The Balaban J connectivity index is 1.73. The van der Waals surface area contributed by atoms with E-state index in [2.05, 4.69) is 40.3 Å². The van der Waals surface area contributed by atoms with E-state index in [0.717, 1.165) is 37.7 Å². The van der Waals surface area contributed by atoms with Crippen LogP contribution in [0.5, 0.6) is 5.75 Å². The zero-order valence-electron chi connectivity index (χ0n) is 12.3. The van der Waals surface area contributed by atoms with Crippen molar-refractivity contribution in [2.75, 3.05) is 13.2 Å². The maximum absolute atomic E-state index is 5.86. The molecule has 2 aliphatic rings. The quantitative estimate of drug-likeness (QED) is 0.843. The van der Waals surface area contributed by atoms with Crippen LogP contribution < -0.4 is 10.1 Å². The van der Waals surface area contributed by atoms with Crippen molar-refractivity contribution in [3.05, 3.63) is 27.7 Å². The van der Waals surface area contributed by atoms with Gasteiger partial charge in [0.1, 0.15) is 5.75 Å². The third kappa shape index (κ3) is 3.20. The van der Waals surface area contributed by atoms with Gasteiger partial charge in [0.05, 0.1) is 6.61 Å². The molecule has 1 aromatic carbocycles. The summed E-state index contributed by atoms with van der Waals surface area (Å²) in [6.45, 7) is 4.09. The molecule has 2 nitrogen and oxygen atoms in total. The fourth-order valence-electron chi connectivity index (χ4n) is 3.42. The van der Waals surface area contributed by atoms with Crippen LogP contribution in [0.3, 0.4) is 0 Å². The van der Waals surface area contributed by atoms with Crippen LogP contribution in [0.25, 0.3) is 0 Å². The van der Waals surface area contributed by atoms with Crippen LogP contribution in [-0.2, 0) is 12.8 Å². The number of hydrogen-bond acceptors (Lipinski definition) is 2. The zero-order valence-corrected chi connectivity index (χ0v) is 13.8.